The summed E-state index contributed by atoms with van der Waals surface area (Å²) in [5.74, 6) is -1.74. The van der Waals surface area contributed by atoms with E-state index in [1.807, 2.05) is 0 Å². The first-order valence-corrected chi connectivity index (χ1v) is 11.7. The molecule has 0 aliphatic heterocycles. The van der Waals surface area contributed by atoms with Crippen LogP contribution >= 0.6 is 0 Å². The van der Waals surface area contributed by atoms with E-state index in [2.05, 4.69) is 0 Å². The average molecular weight is 507 g/mol. The lowest BCUT2D eigenvalue weighted by Gasteiger charge is -2.27. The molecule has 3 rings (SSSR count). The largest absolute Gasteiger partial charge is 0.495 e. The van der Waals surface area contributed by atoms with Gasteiger partial charge < -0.3 is 19.9 Å². The van der Waals surface area contributed by atoms with Crippen molar-refractivity contribution in [1.82, 2.24) is 0 Å². The summed E-state index contributed by atoms with van der Waals surface area (Å²) >= 11 is 0. The Balaban J connectivity index is 2.23. The summed E-state index contributed by atoms with van der Waals surface area (Å²) in [4.78, 5) is 11.8. The highest BCUT2D eigenvalue weighted by atomic mass is 32.2. The lowest BCUT2D eigenvalue weighted by Crippen LogP contribution is -2.39. The van der Waals surface area contributed by atoms with Gasteiger partial charge in [0.2, 0.25) is 5.91 Å². The van der Waals surface area contributed by atoms with Gasteiger partial charge in [0, 0.05) is 12.5 Å². The third-order valence-corrected chi connectivity index (χ3v) is 6.92. The minimum atomic E-state index is -4.42. The summed E-state index contributed by atoms with van der Waals surface area (Å²) in [5.41, 5.74) is 5.62. The van der Waals surface area contributed by atoms with E-state index in [0.717, 1.165) is 22.5 Å². The van der Waals surface area contributed by atoms with E-state index in [-0.39, 0.29) is 39.6 Å². The molecule has 35 heavy (non-hydrogen) atoms. The molecule has 0 aromatic heterocycles. The number of rotatable bonds is 10. The zero-order valence-electron chi connectivity index (χ0n) is 19.2. The van der Waals surface area contributed by atoms with Crippen LogP contribution in [0.5, 0.6) is 17.2 Å². The number of hydrogen-bond acceptors (Lipinski definition) is 6. The molecule has 0 aliphatic carbocycles. The zero-order chi connectivity index (χ0) is 25.8. The van der Waals surface area contributed by atoms with Gasteiger partial charge in [-0.15, -0.1) is 0 Å². The molecule has 0 saturated heterocycles. The number of nitrogens with two attached hydrogens (primary N) is 1. The molecule has 3 aromatic rings. The number of benzene rings is 3. The number of anilines is 1. The second-order valence-corrected chi connectivity index (χ2v) is 9.24. The summed E-state index contributed by atoms with van der Waals surface area (Å²) in [6.07, 6.45) is -0.188. The second kappa shape index (κ2) is 10.6. The van der Waals surface area contributed by atoms with E-state index in [1.165, 1.54) is 51.7 Å². The molecule has 8 nitrogen and oxygen atoms in total. The van der Waals surface area contributed by atoms with Gasteiger partial charge in [-0.3, -0.25) is 9.10 Å². The molecule has 3 aromatic carbocycles. The molecule has 0 bridgehead atoms. The Hall–Kier alpha value is -3.86. The highest BCUT2D eigenvalue weighted by Crippen LogP contribution is 2.38. The lowest BCUT2D eigenvalue weighted by molar-refractivity contribution is -0.116. The van der Waals surface area contributed by atoms with Gasteiger partial charge in [-0.25, -0.2) is 17.2 Å². The highest BCUT2D eigenvalue weighted by molar-refractivity contribution is 7.92. The first-order valence-electron chi connectivity index (χ1n) is 10.2. The Morgan fingerprint density at radius 2 is 1.57 bits per heavy atom. The van der Waals surface area contributed by atoms with Crippen molar-refractivity contribution in [2.75, 3.05) is 32.2 Å². The smallest absolute Gasteiger partial charge is 0.265 e. The molecular weight excluding hydrogens is 482 g/mol. The third kappa shape index (κ3) is 5.46. The number of hydrogen-bond donors (Lipinski definition) is 1. The van der Waals surface area contributed by atoms with Crippen LogP contribution in [0.1, 0.15) is 11.1 Å². The van der Waals surface area contributed by atoms with Crippen LogP contribution in [0.4, 0.5) is 14.5 Å². The molecule has 0 unspecified atom stereocenters. The molecule has 0 atom stereocenters. The number of methoxy groups -OCH3 is 3. The fraction of sp³-hybridized carbons (Fsp3) is 0.208. The van der Waals surface area contributed by atoms with E-state index in [4.69, 9.17) is 19.9 Å². The second-order valence-electron chi connectivity index (χ2n) is 7.38. The van der Waals surface area contributed by atoms with Crippen molar-refractivity contribution in [2.24, 2.45) is 5.73 Å². The molecule has 0 aliphatic rings. The monoisotopic (exact) mass is 506 g/mol. The van der Waals surface area contributed by atoms with Crippen LogP contribution in [0.15, 0.2) is 59.5 Å². The molecule has 2 N–H and O–H groups in total. The molecule has 0 heterocycles. The molecule has 11 heteroatoms. The fourth-order valence-corrected chi connectivity index (χ4v) is 5.07. The predicted octanol–water partition coefficient (Wildman–Crippen LogP) is 3.26. The number of carbonyl (C=O) groups excluding carboxylic acids is 1. The van der Waals surface area contributed by atoms with Crippen molar-refractivity contribution in [3.8, 4) is 17.2 Å². The standard InChI is InChI=1S/C24H24F2N2O6S/c1-32-20-10-8-18(13-22(20)34-3)35(30,31)28(14-23(27)29)24-15(5-4-6-21(24)33-2)11-16-12-17(25)7-9-19(16)26/h4-10,12-13H,11,14H2,1-3H3,(H2,27,29). The van der Waals surface area contributed by atoms with Crippen LogP contribution in [0.2, 0.25) is 0 Å². The lowest BCUT2D eigenvalue weighted by atomic mass is 10.0. The molecule has 0 radical (unpaired) electrons. The van der Waals surface area contributed by atoms with E-state index < -0.39 is 34.1 Å². The highest BCUT2D eigenvalue weighted by Gasteiger charge is 2.32. The van der Waals surface area contributed by atoms with E-state index >= 15 is 0 Å². The Kier molecular flexibility index (Phi) is 7.80. The molecule has 0 fully saturated rings. The van der Waals surface area contributed by atoms with E-state index in [0.29, 0.717) is 5.75 Å². The molecule has 0 spiro atoms. The van der Waals surface area contributed by atoms with Gasteiger partial charge in [0.25, 0.3) is 10.0 Å². The SMILES string of the molecule is COc1ccc(S(=O)(=O)N(CC(N)=O)c2c(Cc3cc(F)ccc3F)cccc2OC)cc1OC. The van der Waals surface area contributed by atoms with Crippen LogP contribution < -0.4 is 24.2 Å². The fourth-order valence-electron chi connectivity index (χ4n) is 3.57. The van der Waals surface area contributed by atoms with Crippen LogP contribution in [-0.4, -0.2) is 42.2 Å². The summed E-state index contributed by atoms with van der Waals surface area (Å²) in [7, 11) is -0.358. The quantitative estimate of drug-likeness (QED) is 0.452. The van der Waals surface area contributed by atoms with Crippen LogP contribution in [0.25, 0.3) is 0 Å². The predicted molar refractivity (Wildman–Crippen MR) is 125 cm³/mol. The maximum atomic E-state index is 14.4. The number of carbonyl (C=O) groups is 1. The third-order valence-electron chi connectivity index (χ3n) is 5.18. The summed E-state index contributed by atoms with van der Waals surface area (Å²) in [6, 6.07) is 11.5. The first-order chi connectivity index (χ1) is 16.6. The average Bonchev–Trinajstić information content (AvgIpc) is 2.84. The van der Waals surface area contributed by atoms with Crippen LogP contribution in [0, 0.1) is 11.6 Å². The maximum absolute atomic E-state index is 14.4. The molecule has 1 amide bonds. The van der Waals surface area contributed by atoms with Crippen molar-refractivity contribution >= 4 is 21.6 Å². The van der Waals surface area contributed by atoms with Crippen molar-refractivity contribution in [1.29, 1.82) is 0 Å². The van der Waals surface area contributed by atoms with Gasteiger partial charge in [-0.1, -0.05) is 12.1 Å². The molecule has 0 saturated carbocycles. The Labute approximate surface area is 201 Å². The first kappa shape index (κ1) is 25.8. The topological polar surface area (TPSA) is 108 Å². The molecular formula is C24H24F2N2O6S. The van der Waals surface area contributed by atoms with Crippen molar-refractivity contribution in [3.05, 3.63) is 77.4 Å². The Morgan fingerprint density at radius 3 is 2.20 bits per heavy atom. The van der Waals surface area contributed by atoms with Gasteiger partial charge in [-0.05, 0) is 47.5 Å². The van der Waals surface area contributed by atoms with E-state index in [9.17, 15) is 22.0 Å². The summed E-state index contributed by atoms with van der Waals surface area (Å²) in [6.45, 7) is -0.740. The minimum absolute atomic E-state index is 0.0120. The van der Waals surface area contributed by atoms with Crippen LogP contribution in [-0.2, 0) is 21.2 Å². The maximum Gasteiger partial charge on any atom is 0.265 e. The van der Waals surface area contributed by atoms with Gasteiger partial charge >= 0.3 is 0 Å². The number of sulfonamides is 1. The number of para-hydroxylation sites is 1. The zero-order valence-corrected chi connectivity index (χ0v) is 20.1. The number of amides is 1. The van der Waals surface area contributed by atoms with E-state index in [1.54, 1.807) is 6.07 Å². The number of primary amides is 1. The molecule has 186 valence electrons. The van der Waals surface area contributed by atoms with Gasteiger partial charge in [0.15, 0.2) is 11.5 Å². The Bertz CT molecular complexity index is 1350. The normalized spacial score (nSPS) is 11.1. The summed E-state index contributed by atoms with van der Waals surface area (Å²) in [5, 5.41) is 0. The number of ether oxygens (including phenoxy) is 3. The number of halogens is 2. The van der Waals surface area contributed by atoms with Gasteiger partial charge in [-0.2, -0.15) is 0 Å². The van der Waals surface area contributed by atoms with Crippen LogP contribution in [0.3, 0.4) is 0 Å². The van der Waals surface area contributed by atoms with Crippen molar-refractivity contribution in [2.45, 2.75) is 11.3 Å². The van der Waals surface area contributed by atoms with Gasteiger partial charge in [0.05, 0.1) is 31.9 Å². The van der Waals surface area contributed by atoms with Crippen molar-refractivity contribution in [3.63, 3.8) is 0 Å². The number of nitrogens with zero attached hydrogens (tertiary/aromatic N) is 1. The summed E-state index contributed by atoms with van der Waals surface area (Å²) < 4.78 is 72.3. The Morgan fingerprint density at radius 1 is 0.886 bits per heavy atom. The van der Waals surface area contributed by atoms with Crippen molar-refractivity contribution < 1.29 is 36.2 Å². The minimum Gasteiger partial charge on any atom is -0.495 e. The van der Waals surface area contributed by atoms with Gasteiger partial charge in [0.1, 0.15) is 23.9 Å².